The number of anilines is 1. The van der Waals surface area contributed by atoms with Crippen LogP contribution in [0.2, 0.25) is 0 Å². The molecule has 0 spiro atoms. The molecule has 2 aromatic carbocycles. The molecule has 1 aromatic heterocycles. The van der Waals surface area contributed by atoms with Crippen LogP contribution in [0.3, 0.4) is 0 Å². The maximum Gasteiger partial charge on any atom is 0.418 e. The van der Waals surface area contributed by atoms with Crippen LogP contribution in [0.1, 0.15) is 29.8 Å². The number of amides is 1. The molecule has 1 N–H and O–H groups in total. The molecule has 0 aliphatic rings. The van der Waals surface area contributed by atoms with E-state index in [-0.39, 0.29) is 22.2 Å². The highest BCUT2D eigenvalue weighted by Gasteiger charge is 2.34. The van der Waals surface area contributed by atoms with Gasteiger partial charge in [-0.05, 0) is 62.4 Å². The number of alkyl halides is 3. The zero-order chi connectivity index (χ0) is 23.7. The van der Waals surface area contributed by atoms with Crippen molar-refractivity contribution in [1.29, 1.82) is 0 Å². The zero-order valence-corrected chi connectivity index (χ0v) is 18.3. The third kappa shape index (κ3) is 4.83. The highest BCUT2D eigenvalue weighted by Crippen LogP contribution is 2.36. The van der Waals surface area contributed by atoms with Crippen molar-refractivity contribution in [1.82, 2.24) is 14.1 Å². The molecule has 0 aliphatic heterocycles. The Hall–Kier alpha value is -3.18. The summed E-state index contributed by atoms with van der Waals surface area (Å²) in [6, 6.07) is 9.73. The number of nitrogens with one attached hydrogen (secondary N) is 1. The summed E-state index contributed by atoms with van der Waals surface area (Å²) in [7, 11) is -2.31. The number of carbonyl (C=O) groups excluding carboxylic acids is 1. The monoisotopic (exact) mass is 466 g/mol. The van der Waals surface area contributed by atoms with Crippen molar-refractivity contribution in [3.63, 3.8) is 0 Å². The van der Waals surface area contributed by atoms with Gasteiger partial charge in [0.1, 0.15) is 0 Å². The molecule has 3 aromatic rings. The SMILES string of the molecule is CC(C)N(C)S(=O)(=O)c1ccc(C(=O)Nc2ccc(-n3cccn3)cc2C(F)(F)F)cc1. The molecule has 7 nitrogen and oxygen atoms in total. The fourth-order valence-electron chi connectivity index (χ4n) is 2.86. The normalized spacial score (nSPS) is 12.4. The standard InChI is InChI=1S/C21H21F3N4O3S/c1-14(2)27(3)32(30,31)17-8-5-15(6-9-17)20(29)26-19-10-7-16(28-12-4-11-25-28)13-18(19)21(22,23)24/h4-14H,1-3H3,(H,26,29). The van der Waals surface area contributed by atoms with Crippen LogP contribution in [0.5, 0.6) is 0 Å². The maximum absolute atomic E-state index is 13.6. The fraction of sp³-hybridized carbons (Fsp3) is 0.238. The summed E-state index contributed by atoms with van der Waals surface area (Å²) in [5, 5.41) is 6.17. The quantitative estimate of drug-likeness (QED) is 0.591. The van der Waals surface area contributed by atoms with Crippen LogP contribution < -0.4 is 5.32 Å². The molecule has 1 heterocycles. The molecule has 0 saturated heterocycles. The molecule has 0 atom stereocenters. The van der Waals surface area contributed by atoms with E-state index in [4.69, 9.17) is 0 Å². The van der Waals surface area contributed by atoms with Crippen molar-refractivity contribution < 1.29 is 26.4 Å². The van der Waals surface area contributed by atoms with E-state index in [9.17, 15) is 26.4 Å². The second-order valence-electron chi connectivity index (χ2n) is 7.27. The molecule has 0 saturated carbocycles. The Balaban J connectivity index is 1.87. The van der Waals surface area contributed by atoms with Crippen molar-refractivity contribution in [2.24, 2.45) is 0 Å². The smallest absolute Gasteiger partial charge is 0.321 e. The minimum absolute atomic E-state index is 0.0143. The summed E-state index contributed by atoms with van der Waals surface area (Å²) in [5.74, 6) is -0.802. The van der Waals surface area contributed by atoms with Gasteiger partial charge in [-0.25, -0.2) is 13.1 Å². The van der Waals surface area contributed by atoms with Gasteiger partial charge in [-0.15, -0.1) is 0 Å². The number of hydrogen-bond donors (Lipinski definition) is 1. The Labute approximate surface area is 183 Å². The number of hydrogen-bond acceptors (Lipinski definition) is 4. The van der Waals surface area contributed by atoms with Crippen LogP contribution >= 0.6 is 0 Å². The van der Waals surface area contributed by atoms with Crippen molar-refractivity contribution in [2.75, 3.05) is 12.4 Å². The highest BCUT2D eigenvalue weighted by molar-refractivity contribution is 7.89. The van der Waals surface area contributed by atoms with Crippen LogP contribution in [-0.2, 0) is 16.2 Å². The molecule has 0 bridgehead atoms. The molecule has 0 unspecified atom stereocenters. The van der Waals surface area contributed by atoms with Crippen LogP contribution in [0.15, 0.2) is 65.8 Å². The predicted octanol–water partition coefficient (Wildman–Crippen LogP) is 4.17. The van der Waals surface area contributed by atoms with E-state index in [1.54, 1.807) is 19.9 Å². The molecule has 0 radical (unpaired) electrons. The average Bonchev–Trinajstić information content (AvgIpc) is 3.27. The largest absolute Gasteiger partial charge is 0.418 e. The number of carbonyl (C=O) groups is 1. The van der Waals surface area contributed by atoms with Crippen LogP contribution in [-0.4, -0.2) is 41.5 Å². The van der Waals surface area contributed by atoms with E-state index >= 15 is 0 Å². The third-order valence-electron chi connectivity index (χ3n) is 4.85. The summed E-state index contributed by atoms with van der Waals surface area (Å²) in [4.78, 5) is 12.5. The van der Waals surface area contributed by atoms with Crippen LogP contribution in [0.4, 0.5) is 18.9 Å². The summed E-state index contributed by atoms with van der Waals surface area (Å²) in [6.07, 6.45) is -1.78. The maximum atomic E-state index is 13.6. The first kappa shape index (κ1) is 23.5. The molecule has 1 amide bonds. The van der Waals surface area contributed by atoms with Crippen molar-refractivity contribution in [2.45, 2.75) is 31.0 Å². The van der Waals surface area contributed by atoms with Crippen molar-refractivity contribution in [3.05, 3.63) is 72.1 Å². The molecule has 0 fully saturated rings. The lowest BCUT2D eigenvalue weighted by Crippen LogP contribution is -2.33. The molecular formula is C21H21F3N4O3S. The number of halogens is 3. The second-order valence-corrected chi connectivity index (χ2v) is 9.27. The highest BCUT2D eigenvalue weighted by atomic mass is 32.2. The number of benzene rings is 2. The number of sulfonamides is 1. The van der Waals surface area contributed by atoms with Gasteiger partial charge in [0.05, 0.1) is 21.8 Å². The Bertz CT molecular complexity index is 1210. The van der Waals surface area contributed by atoms with Gasteiger partial charge in [-0.3, -0.25) is 4.79 Å². The first-order valence-corrected chi connectivity index (χ1v) is 11.0. The third-order valence-corrected chi connectivity index (χ3v) is 6.89. The van der Waals surface area contributed by atoms with E-state index in [0.717, 1.165) is 12.1 Å². The second kappa shape index (κ2) is 8.75. The first-order chi connectivity index (χ1) is 14.9. The van der Waals surface area contributed by atoms with Crippen LogP contribution in [0, 0.1) is 0 Å². The van der Waals surface area contributed by atoms with Gasteiger partial charge in [0, 0.05) is 31.0 Å². The summed E-state index contributed by atoms with van der Waals surface area (Å²) in [5.41, 5.74) is -1.25. The number of aromatic nitrogens is 2. The molecule has 32 heavy (non-hydrogen) atoms. The topological polar surface area (TPSA) is 84.3 Å². The van der Waals surface area contributed by atoms with E-state index < -0.39 is 33.4 Å². The van der Waals surface area contributed by atoms with E-state index in [1.807, 2.05) is 0 Å². The van der Waals surface area contributed by atoms with Gasteiger partial charge in [0.15, 0.2) is 0 Å². The fourth-order valence-corrected chi connectivity index (χ4v) is 4.22. The Kier molecular flexibility index (Phi) is 6.42. The minimum Gasteiger partial charge on any atom is -0.321 e. The predicted molar refractivity (Wildman–Crippen MR) is 113 cm³/mol. The van der Waals surface area contributed by atoms with Crippen molar-refractivity contribution in [3.8, 4) is 5.69 Å². The lowest BCUT2D eigenvalue weighted by molar-refractivity contribution is -0.136. The van der Waals surface area contributed by atoms with Crippen LogP contribution in [0.25, 0.3) is 5.69 Å². The summed E-state index contributed by atoms with van der Waals surface area (Å²) < 4.78 is 68.3. The molecule has 170 valence electrons. The molecular weight excluding hydrogens is 445 g/mol. The Morgan fingerprint density at radius 3 is 2.31 bits per heavy atom. The molecule has 11 heteroatoms. The van der Waals surface area contributed by atoms with E-state index in [0.29, 0.717) is 0 Å². The Morgan fingerprint density at radius 1 is 1.12 bits per heavy atom. The van der Waals surface area contributed by atoms with Crippen molar-refractivity contribution >= 4 is 21.6 Å². The first-order valence-electron chi connectivity index (χ1n) is 9.52. The minimum atomic E-state index is -4.72. The van der Waals surface area contributed by atoms with Gasteiger partial charge in [0.2, 0.25) is 10.0 Å². The number of nitrogens with zero attached hydrogens (tertiary/aromatic N) is 3. The van der Waals surface area contributed by atoms with Gasteiger partial charge in [-0.2, -0.15) is 22.6 Å². The lowest BCUT2D eigenvalue weighted by Gasteiger charge is -2.21. The Morgan fingerprint density at radius 2 is 1.78 bits per heavy atom. The van der Waals surface area contributed by atoms with Gasteiger partial charge >= 0.3 is 6.18 Å². The van der Waals surface area contributed by atoms with E-state index in [1.165, 1.54) is 58.8 Å². The molecule has 0 aliphatic carbocycles. The van der Waals surface area contributed by atoms with Gasteiger partial charge < -0.3 is 5.32 Å². The van der Waals surface area contributed by atoms with Gasteiger partial charge in [-0.1, -0.05) is 0 Å². The van der Waals surface area contributed by atoms with Gasteiger partial charge in [0.25, 0.3) is 5.91 Å². The average molecular weight is 466 g/mol. The number of rotatable bonds is 6. The summed E-state index contributed by atoms with van der Waals surface area (Å²) in [6.45, 7) is 3.43. The van der Waals surface area contributed by atoms with E-state index in [2.05, 4.69) is 10.4 Å². The lowest BCUT2D eigenvalue weighted by atomic mass is 10.1. The summed E-state index contributed by atoms with van der Waals surface area (Å²) >= 11 is 0. The zero-order valence-electron chi connectivity index (χ0n) is 17.5. The molecule has 3 rings (SSSR count).